The molecule has 1 aliphatic heterocycles. The van der Waals surface area contributed by atoms with Crippen molar-refractivity contribution in [1.29, 1.82) is 0 Å². The van der Waals surface area contributed by atoms with Crippen LogP contribution in [0.1, 0.15) is 35.2 Å². The zero-order valence-electron chi connectivity index (χ0n) is 18.0. The highest BCUT2D eigenvalue weighted by Crippen LogP contribution is 2.35. The van der Waals surface area contributed by atoms with E-state index in [4.69, 9.17) is 14.9 Å². The smallest absolute Gasteiger partial charge is 0.274 e. The number of hydrogen-bond acceptors (Lipinski definition) is 7. The molecule has 10 heteroatoms. The Hall–Kier alpha value is -4.21. The van der Waals surface area contributed by atoms with E-state index in [9.17, 15) is 14.0 Å². The molecular formula is C23H22FN5O4. The maximum Gasteiger partial charge on any atom is 0.274 e. The molecule has 2 aromatic heterocycles. The molecule has 0 saturated heterocycles. The lowest BCUT2D eigenvalue weighted by atomic mass is 9.87. The number of rotatable bonds is 6. The van der Waals surface area contributed by atoms with Crippen LogP contribution in [0.25, 0.3) is 0 Å². The van der Waals surface area contributed by atoms with Gasteiger partial charge in [0.2, 0.25) is 5.91 Å². The molecule has 9 nitrogen and oxygen atoms in total. The van der Waals surface area contributed by atoms with Gasteiger partial charge in [0.1, 0.15) is 29.6 Å². The molecule has 0 radical (unpaired) electrons. The number of nitrogens with zero attached hydrogens (tertiary/aromatic N) is 3. The predicted octanol–water partition coefficient (Wildman–Crippen LogP) is 3.04. The number of aliphatic imine (C=N–C) groups is 1. The average Bonchev–Trinajstić information content (AvgIpc) is 3.31. The summed E-state index contributed by atoms with van der Waals surface area (Å²) in [6.07, 6.45) is 2.92. The number of guanidine groups is 1. The van der Waals surface area contributed by atoms with Gasteiger partial charge in [-0.05, 0) is 49.4 Å². The van der Waals surface area contributed by atoms with Gasteiger partial charge in [0.15, 0.2) is 5.96 Å². The van der Waals surface area contributed by atoms with Crippen LogP contribution >= 0.6 is 0 Å². The van der Waals surface area contributed by atoms with Crippen LogP contribution in [-0.2, 0) is 16.9 Å². The van der Waals surface area contributed by atoms with E-state index in [0.717, 1.165) is 0 Å². The molecule has 33 heavy (non-hydrogen) atoms. The zero-order valence-corrected chi connectivity index (χ0v) is 18.0. The molecule has 0 saturated carbocycles. The van der Waals surface area contributed by atoms with Gasteiger partial charge in [-0.3, -0.25) is 14.5 Å². The maximum atomic E-state index is 14.6. The van der Waals surface area contributed by atoms with E-state index in [1.54, 1.807) is 31.4 Å². The van der Waals surface area contributed by atoms with Crippen molar-refractivity contribution >= 4 is 23.5 Å². The molecule has 0 bridgehead atoms. The van der Waals surface area contributed by atoms with Gasteiger partial charge in [-0.2, -0.15) is 0 Å². The van der Waals surface area contributed by atoms with Gasteiger partial charge >= 0.3 is 0 Å². The van der Waals surface area contributed by atoms with Gasteiger partial charge in [-0.1, -0.05) is 0 Å². The van der Waals surface area contributed by atoms with Crippen molar-refractivity contribution in [3.8, 4) is 5.75 Å². The number of anilines is 1. The fourth-order valence-corrected chi connectivity index (χ4v) is 3.42. The summed E-state index contributed by atoms with van der Waals surface area (Å²) in [7, 11) is 1.51. The summed E-state index contributed by atoms with van der Waals surface area (Å²) in [5, 5.41) is 2.69. The molecule has 0 aliphatic carbocycles. The van der Waals surface area contributed by atoms with Gasteiger partial charge in [-0.25, -0.2) is 14.4 Å². The summed E-state index contributed by atoms with van der Waals surface area (Å²) in [5.74, 6) is -0.186. The molecule has 4 rings (SSSR count). The van der Waals surface area contributed by atoms with Crippen molar-refractivity contribution in [3.63, 3.8) is 0 Å². The third-order valence-electron chi connectivity index (χ3n) is 5.31. The largest absolute Gasteiger partial charge is 0.484 e. The van der Waals surface area contributed by atoms with E-state index < -0.39 is 17.3 Å². The van der Waals surface area contributed by atoms with Crippen LogP contribution in [0.5, 0.6) is 5.75 Å². The zero-order chi connectivity index (χ0) is 23.6. The lowest BCUT2D eigenvalue weighted by Crippen LogP contribution is -2.47. The van der Waals surface area contributed by atoms with Crippen LogP contribution in [0.3, 0.4) is 0 Å². The number of benzene rings is 1. The molecule has 0 fully saturated rings. The first kappa shape index (κ1) is 22.0. The SMILES string of the molecule is CN1C(=O)CC(C)(c2cc(NC(=O)c3ccc(OCc4ccco4)cn3)ccc2F)N=C1N. The van der Waals surface area contributed by atoms with Gasteiger partial charge in [0.25, 0.3) is 5.91 Å². The van der Waals surface area contributed by atoms with E-state index in [-0.39, 0.29) is 36.2 Å². The Morgan fingerprint density at radius 3 is 2.82 bits per heavy atom. The molecule has 1 aromatic carbocycles. The van der Waals surface area contributed by atoms with Crippen LogP contribution in [0.2, 0.25) is 0 Å². The molecule has 1 atom stereocenters. The number of furan rings is 1. The van der Waals surface area contributed by atoms with E-state index in [0.29, 0.717) is 17.2 Å². The summed E-state index contributed by atoms with van der Waals surface area (Å²) in [6, 6.07) is 10.8. The van der Waals surface area contributed by atoms with Crippen molar-refractivity contribution in [2.24, 2.45) is 10.7 Å². The quantitative estimate of drug-likeness (QED) is 0.594. The van der Waals surface area contributed by atoms with Gasteiger partial charge in [0, 0.05) is 18.3 Å². The number of nitrogens with one attached hydrogen (secondary N) is 1. The average molecular weight is 451 g/mol. The van der Waals surface area contributed by atoms with E-state index in [1.165, 1.54) is 42.4 Å². The minimum atomic E-state index is -1.19. The van der Waals surface area contributed by atoms with Gasteiger partial charge in [-0.15, -0.1) is 0 Å². The van der Waals surface area contributed by atoms with Crippen LogP contribution in [-0.4, -0.2) is 34.7 Å². The third kappa shape index (κ3) is 4.69. The minimum Gasteiger partial charge on any atom is -0.484 e. The second-order valence-electron chi connectivity index (χ2n) is 7.77. The highest BCUT2D eigenvalue weighted by atomic mass is 19.1. The second kappa shape index (κ2) is 8.73. The maximum absolute atomic E-state index is 14.6. The van der Waals surface area contributed by atoms with Crippen molar-refractivity contribution < 1.29 is 23.1 Å². The standard InChI is InChI=1S/C23H22FN5O4/c1-23(11-20(30)29(2)22(25)28-23)17-10-14(5-7-18(17)24)27-21(31)19-8-6-15(12-26-19)33-13-16-4-3-9-32-16/h3-10,12H,11,13H2,1-2H3,(H2,25,28)(H,27,31). The lowest BCUT2D eigenvalue weighted by Gasteiger charge is -2.34. The molecule has 1 aliphatic rings. The predicted molar refractivity (Wildman–Crippen MR) is 118 cm³/mol. The first-order valence-corrected chi connectivity index (χ1v) is 10.1. The number of nitrogens with two attached hydrogens (primary N) is 1. The fourth-order valence-electron chi connectivity index (χ4n) is 3.42. The molecule has 3 heterocycles. The Kier molecular flexibility index (Phi) is 5.82. The molecule has 2 amide bonds. The monoisotopic (exact) mass is 451 g/mol. The third-order valence-corrected chi connectivity index (χ3v) is 5.31. The molecule has 3 aromatic rings. The molecule has 3 N–H and O–H groups in total. The van der Waals surface area contributed by atoms with Crippen molar-refractivity contribution in [2.75, 3.05) is 12.4 Å². The number of hydrogen-bond donors (Lipinski definition) is 2. The van der Waals surface area contributed by atoms with Crippen LogP contribution in [0.15, 0.2) is 64.3 Å². The number of ether oxygens (including phenoxy) is 1. The summed E-state index contributed by atoms with van der Waals surface area (Å²) in [5.41, 5.74) is 5.27. The normalized spacial score (nSPS) is 18.1. The Bertz CT molecular complexity index is 1210. The summed E-state index contributed by atoms with van der Waals surface area (Å²) >= 11 is 0. The minimum absolute atomic E-state index is 0.00106. The molecule has 1 unspecified atom stereocenters. The molecule has 170 valence electrons. The van der Waals surface area contributed by atoms with Crippen LogP contribution in [0.4, 0.5) is 10.1 Å². The summed E-state index contributed by atoms with van der Waals surface area (Å²) in [6.45, 7) is 1.86. The Balaban J connectivity index is 1.48. The number of amides is 2. The second-order valence-corrected chi connectivity index (χ2v) is 7.77. The first-order valence-electron chi connectivity index (χ1n) is 10.1. The summed E-state index contributed by atoms with van der Waals surface area (Å²) in [4.78, 5) is 34.5. The number of carbonyl (C=O) groups is 2. The van der Waals surface area contributed by atoms with Crippen LogP contribution in [0, 0.1) is 5.82 Å². The van der Waals surface area contributed by atoms with Crippen molar-refractivity contribution in [2.45, 2.75) is 25.5 Å². The topological polar surface area (TPSA) is 123 Å². The Labute approximate surface area is 189 Å². The first-order chi connectivity index (χ1) is 15.7. The Morgan fingerprint density at radius 1 is 1.33 bits per heavy atom. The van der Waals surface area contributed by atoms with E-state index in [1.807, 2.05) is 0 Å². The highest BCUT2D eigenvalue weighted by molar-refractivity contribution is 6.03. The number of halogens is 1. The number of pyridine rings is 1. The van der Waals surface area contributed by atoms with Crippen molar-refractivity contribution in [3.05, 3.63) is 77.8 Å². The Morgan fingerprint density at radius 2 is 2.15 bits per heavy atom. The number of carbonyl (C=O) groups excluding carboxylic acids is 2. The van der Waals surface area contributed by atoms with Gasteiger partial charge < -0.3 is 20.2 Å². The van der Waals surface area contributed by atoms with Crippen LogP contribution < -0.4 is 15.8 Å². The summed E-state index contributed by atoms with van der Waals surface area (Å²) < 4.78 is 25.4. The molecular weight excluding hydrogens is 429 g/mol. The van der Waals surface area contributed by atoms with Crippen molar-refractivity contribution in [1.82, 2.24) is 9.88 Å². The lowest BCUT2D eigenvalue weighted by molar-refractivity contribution is -0.128. The van der Waals surface area contributed by atoms with Gasteiger partial charge in [0.05, 0.1) is 24.4 Å². The van der Waals surface area contributed by atoms with E-state index >= 15 is 0 Å². The molecule has 0 spiro atoms. The van der Waals surface area contributed by atoms with E-state index in [2.05, 4.69) is 15.3 Å². The number of aromatic nitrogens is 1. The fraction of sp³-hybridized carbons (Fsp3) is 0.217. The highest BCUT2D eigenvalue weighted by Gasteiger charge is 2.38.